The van der Waals surface area contributed by atoms with Crippen molar-refractivity contribution in [1.82, 2.24) is 0 Å². The van der Waals surface area contributed by atoms with E-state index in [1.165, 1.54) is 0 Å². The van der Waals surface area contributed by atoms with Crippen LogP contribution in [0.15, 0.2) is 42.5 Å². The van der Waals surface area contributed by atoms with Crippen LogP contribution in [-0.2, 0) is 22.4 Å². The average Bonchev–Trinajstić information content (AvgIpc) is 2.65. The summed E-state index contributed by atoms with van der Waals surface area (Å²) in [6, 6.07) is 12.9. The largest absolute Gasteiger partial charge is 0.497 e. The molecule has 0 aromatic heterocycles. The van der Waals surface area contributed by atoms with Crippen molar-refractivity contribution in [3.63, 3.8) is 0 Å². The van der Waals surface area contributed by atoms with Crippen LogP contribution in [0.2, 0.25) is 0 Å². The summed E-state index contributed by atoms with van der Waals surface area (Å²) in [5.74, 6) is 0.253. The first-order chi connectivity index (χ1) is 12.5. The number of hydrogen-bond acceptors (Lipinski definition) is 4. The Hall–Kier alpha value is -3.02. The minimum absolute atomic E-state index is 0.0636. The maximum atomic E-state index is 12.6. The van der Waals surface area contributed by atoms with E-state index >= 15 is 0 Å². The minimum Gasteiger partial charge on any atom is -0.497 e. The zero-order valence-electron chi connectivity index (χ0n) is 14.5. The van der Waals surface area contributed by atoms with Gasteiger partial charge in [-0.05, 0) is 42.2 Å². The highest BCUT2D eigenvalue weighted by molar-refractivity contribution is 5.93. The number of carbonyl (C=O) groups excluding carboxylic acids is 1. The van der Waals surface area contributed by atoms with Gasteiger partial charge in [0.05, 0.1) is 13.0 Å². The van der Waals surface area contributed by atoms with E-state index in [0.29, 0.717) is 25.1 Å². The molecule has 0 aliphatic carbocycles. The van der Waals surface area contributed by atoms with Crippen molar-refractivity contribution in [3.8, 4) is 11.5 Å². The third-order valence-corrected chi connectivity index (χ3v) is 4.37. The first-order valence-corrected chi connectivity index (χ1v) is 8.46. The van der Waals surface area contributed by atoms with E-state index in [-0.39, 0.29) is 18.2 Å². The van der Waals surface area contributed by atoms with Crippen LogP contribution in [0.4, 0.5) is 5.69 Å². The van der Waals surface area contributed by atoms with Gasteiger partial charge in [-0.2, -0.15) is 0 Å². The lowest BCUT2D eigenvalue weighted by molar-refractivity contribution is -0.137. The predicted molar refractivity (Wildman–Crippen MR) is 96.7 cm³/mol. The van der Waals surface area contributed by atoms with Gasteiger partial charge in [-0.15, -0.1) is 0 Å². The summed E-state index contributed by atoms with van der Waals surface area (Å²) in [5, 5.41) is 11.7. The fourth-order valence-corrected chi connectivity index (χ4v) is 2.95. The van der Waals surface area contributed by atoms with Gasteiger partial charge in [-0.3, -0.25) is 9.59 Å². The average molecular weight is 355 g/mol. The van der Waals surface area contributed by atoms with Gasteiger partial charge in [0.15, 0.2) is 0 Å². The molecule has 1 amide bonds. The van der Waals surface area contributed by atoms with Crippen LogP contribution in [0, 0.1) is 5.92 Å². The Morgan fingerprint density at radius 2 is 2.12 bits per heavy atom. The molecule has 1 atom stereocenters. The Balaban J connectivity index is 1.63. The molecule has 0 saturated carbocycles. The first kappa shape index (κ1) is 17.8. The second-order valence-electron chi connectivity index (χ2n) is 6.27. The summed E-state index contributed by atoms with van der Waals surface area (Å²) >= 11 is 0. The second kappa shape index (κ2) is 7.91. The monoisotopic (exact) mass is 355 g/mol. The van der Waals surface area contributed by atoms with Crippen molar-refractivity contribution in [2.75, 3.05) is 19.0 Å². The van der Waals surface area contributed by atoms with Crippen molar-refractivity contribution >= 4 is 17.6 Å². The number of carbonyl (C=O) groups is 2. The molecule has 2 aromatic rings. The topological polar surface area (TPSA) is 84.9 Å². The third-order valence-electron chi connectivity index (χ3n) is 4.37. The van der Waals surface area contributed by atoms with Gasteiger partial charge in [0.1, 0.15) is 18.1 Å². The number of carboxylic acid groups (broad SMARTS) is 1. The molecule has 0 radical (unpaired) electrons. The van der Waals surface area contributed by atoms with Crippen molar-refractivity contribution in [3.05, 3.63) is 53.6 Å². The summed E-state index contributed by atoms with van der Waals surface area (Å²) in [7, 11) is 1.60. The highest BCUT2D eigenvalue weighted by Crippen LogP contribution is 2.31. The molecule has 3 rings (SSSR count). The molecule has 6 nitrogen and oxygen atoms in total. The van der Waals surface area contributed by atoms with Gasteiger partial charge in [0.2, 0.25) is 5.91 Å². The number of amides is 1. The maximum Gasteiger partial charge on any atom is 0.303 e. The fraction of sp³-hybridized carbons (Fsp3) is 0.300. The molecule has 0 fully saturated rings. The first-order valence-electron chi connectivity index (χ1n) is 8.46. The van der Waals surface area contributed by atoms with Crippen LogP contribution in [0.25, 0.3) is 0 Å². The van der Waals surface area contributed by atoms with Crippen LogP contribution in [0.1, 0.15) is 17.5 Å². The number of methoxy groups -OCH3 is 1. The molecule has 1 aliphatic heterocycles. The SMILES string of the molecule is COc1ccc2c(c1)OCC(C(=O)Nc1cccc(CCC(=O)O)c1)C2. The Morgan fingerprint density at radius 3 is 2.88 bits per heavy atom. The smallest absolute Gasteiger partial charge is 0.303 e. The van der Waals surface area contributed by atoms with Crippen LogP contribution >= 0.6 is 0 Å². The predicted octanol–water partition coefficient (Wildman–Crippen LogP) is 2.90. The molecule has 0 saturated heterocycles. The van der Waals surface area contributed by atoms with Gasteiger partial charge in [0, 0.05) is 18.2 Å². The molecule has 2 aromatic carbocycles. The lowest BCUT2D eigenvalue weighted by atomic mass is 9.95. The number of aliphatic carboxylic acids is 1. The molecular weight excluding hydrogens is 334 g/mol. The molecular formula is C20H21NO5. The number of anilines is 1. The highest BCUT2D eigenvalue weighted by Gasteiger charge is 2.26. The number of rotatable bonds is 6. The summed E-state index contributed by atoms with van der Waals surface area (Å²) in [6.45, 7) is 0.310. The van der Waals surface area contributed by atoms with Crippen LogP contribution in [-0.4, -0.2) is 30.7 Å². The van der Waals surface area contributed by atoms with Gasteiger partial charge in [-0.1, -0.05) is 18.2 Å². The van der Waals surface area contributed by atoms with E-state index in [4.69, 9.17) is 14.6 Å². The van der Waals surface area contributed by atoms with E-state index in [9.17, 15) is 9.59 Å². The summed E-state index contributed by atoms with van der Waals surface area (Å²) < 4.78 is 10.9. The van der Waals surface area contributed by atoms with E-state index in [1.54, 1.807) is 13.2 Å². The number of fused-ring (bicyclic) bond motifs is 1. The second-order valence-corrected chi connectivity index (χ2v) is 6.27. The van der Waals surface area contributed by atoms with Gasteiger partial charge in [0.25, 0.3) is 0 Å². The molecule has 1 heterocycles. The highest BCUT2D eigenvalue weighted by atomic mass is 16.5. The molecule has 0 spiro atoms. The number of aryl methyl sites for hydroxylation is 1. The van der Waals surface area contributed by atoms with E-state index < -0.39 is 5.97 Å². The van der Waals surface area contributed by atoms with Crippen molar-refractivity contribution in [2.24, 2.45) is 5.92 Å². The molecule has 1 aliphatic rings. The molecule has 26 heavy (non-hydrogen) atoms. The number of nitrogens with one attached hydrogen (secondary N) is 1. The molecule has 0 bridgehead atoms. The van der Waals surface area contributed by atoms with Crippen molar-refractivity contribution < 1.29 is 24.2 Å². The minimum atomic E-state index is -0.839. The van der Waals surface area contributed by atoms with Crippen LogP contribution in [0.5, 0.6) is 11.5 Å². The van der Waals surface area contributed by atoms with Crippen LogP contribution in [0.3, 0.4) is 0 Å². The Labute approximate surface area is 151 Å². The number of ether oxygens (including phenoxy) is 2. The molecule has 136 valence electrons. The van der Waals surface area contributed by atoms with Gasteiger partial charge >= 0.3 is 5.97 Å². The van der Waals surface area contributed by atoms with Gasteiger partial charge in [-0.25, -0.2) is 0 Å². The normalized spacial score (nSPS) is 15.5. The van der Waals surface area contributed by atoms with Gasteiger partial charge < -0.3 is 19.9 Å². The summed E-state index contributed by atoms with van der Waals surface area (Å²) in [5.41, 5.74) is 2.52. The zero-order chi connectivity index (χ0) is 18.5. The Morgan fingerprint density at radius 1 is 1.27 bits per heavy atom. The van der Waals surface area contributed by atoms with Crippen molar-refractivity contribution in [1.29, 1.82) is 0 Å². The third kappa shape index (κ3) is 4.33. The molecule has 1 unspecified atom stereocenters. The maximum absolute atomic E-state index is 12.6. The number of hydrogen-bond donors (Lipinski definition) is 2. The number of benzene rings is 2. The van der Waals surface area contributed by atoms with Crippen LogP contribution < -0.4 is 14.8 Å². The Kier molecular flexibility index (Phi) is 5.41. The van der Waals surface area contributed by atoms with E-state index in [1.807, 2.05) is 36.4 Å². The summed E-state index contributed by atoms with van der Waals surface area (Å²) in [6.07, 6.45) is 1.10. The van der Waals surface area contributed by atoms with E-state index in [0.717, 1.165) is 22.6 Å². The quantitative estimate of drug-likeness (QED) is 0.832. The van der Waals surface area contributed by atoms with Crippen molar-refractivity contribution in [2.45, 2.75) is 19.3 Å². The zero-order valence-corrected chi connectivity index (χ0v) is 14.5. The Bertz CT molecular complexity index is 818. The number of carboxylic acids is 1. The lowest BCUT2D eigenvalue weighted by Crippen LogP contribution is -2.32. The summed E-state index contributed by atoms with van der Waals surface area (Å²) in [4.78, 5) is 23.3. The van der Waals surface area contributed by atoms with E-state index in [2.05, 4.69) is 5.32 Å². The standard InChI is InChI=1S/C20H21NO5/c1-25-17-7-6-14-10-15(12-26-18(14)11-17)20(24)21-16-4-2-3-13(9-16)5-8-19(22)23/h2-4,6-7,9,11,15H,5,8,10,12H2,1H3,(H,21,24)(H,22,23). The lowest BCUT2D eigenvalue weighted by Gasteiger charge is -2.25. The molecule has 2 N–H and O–H groups in total. The molecule has 6 heteroatoms. The fourth-order valence-electron chi connectivity index (χ4n) is 2.95.